The topological polar surface area (TPSA) is 35.5 Å². The summed E-state index contributed by atoms with van der Waals surface area (Å²) in [6, 6.07) is 16.4. The SMILES string of the molecule is CCOC(=O)C1C2Cc3c(OCc4ccccc4)cccc3C21. The smallest absolute Gasteiger partial charge is 0.309 e. The molecule has 1 saturated carbocycles. The third-order valence-electron chi connectivity index (χ3n) is 4.93. The van der Waals surface area contributed by atoms with E-state index in [0.717, 1.165) is 17.7 Å². The molecule has 2 aromatic carbocycles. The van der Waals surface area contributed by atoms with Crippen LogP contribution in [0.25, 0.3) is 0 Å². The predicted molar refractivity (Wildman–Crippen MR) is 87.3 cm³/mol. The monoisotopic (exact) mass is 308 g/mol. The molecule has 3 atom stereocenters. The van der Waals surface area contributed by atoms with Gasteiger partial charge in [0.15, 0.2) is 0 Å². The van der Waals surface area contributed by atoms with Crippen LogP contribution in [-0.4, -0.2) is 12.6 Å². The van der Waals surface area contributed by atoms with Crippen LogP contribution in [0.5, 0.6) is 5.75 Å². The number of carbonyl (C=O) groups is 1. The highest BCUT2D eigenvalue weighted by Crippen LogP contribution is 2.63. The Balaban J connectivity index is 1.49. The number of hydrogen-bond acceptors (Lipinski definition) is 3. The molecule has 1 fully saturated rings. The number of hydrogen-bond donors (Lipinski definition) is 0. The van der Waals surface area contributed by atoms with E-state index in [1.165, 1.54) is 11.1 Å². The lowest BCUT2D eigenvalue weighted by atomic mass is 10.0. The van der Waals surface area contributed by atoms with Gasteiger partial charge in [0.2, 0.25) is 0 Å². The molecule has 4 rings (SSSR count). The minimum Gasteiger partial charge on any atom is -0.489 e. The van der Waals surface area contributed by atoms with Crippen molar-refractivity contribution >= 4 is 5.97 Å². The van der Waals surface area contributed by atoms with E-state index in [1.807, 2.05) is 37.3 Å². The van der Waals surface area contributed by atoms with Crippen LogP contribution in [0.2, 0.25) is 0 Å². The van der Waals surface area contributed by atoms with Crippen molar-refractivity contribution in [2.75, 3.05) is 6.61 Å². The average Bonchev–Trinajstić information content (AvgIpc) is 3.17. The van der Waals surface area contributed by atoms with Crippen molar-refractivity contribution in [2.45, 2.75) is 25.9 Å². The van der Waals surface area contributed by atoms with Gasteiger partial charge in [-0.1, -0.05) is 42.5 Å². The van der Waals surface area contributed by atoms with Gasteiger partial charge in [-0.25, -0.2) is 0 Å². The van der Waals surface area contributed by atoms with Crippen molar-refractivity contribution in [3.05, 3.63) is 65.2 Å². The molecule has 2 aromatic rings. The molecule has 0 heterocycles. The van der Waals surface area contributed by atoms with Gasteiger partial charge in [0.05, 0.1) is 12.5 Å². The quantitative estimate of drug-likeness (QED) is 0.790. The normalized spacial score (nSPS) is 23.8. The molecule has 118 valence electrons. The van der Waals surface area contributed by atoms with Crippen LogP contribution in [-0.2, 0) is 22.6 Å². The van der Waals surface area contributed by atoms with Gasteiger partial charge in [0.25, 0.3) is 0 Å². The summed E-state index contributed by atoms with van der Waals surface area (Å²) in [5.74, 6) is 1.73. The Morgan fingerprint density at radius 3 is 2.74 bits per heavy atom. The molecule has 0 amide bonds. The number of rotatable bonds is 5. The maximum Gasteiger partial charge on any atom is 0.309 e. The summed E-state index contributed by atoms with van der Waals surface area (Å²) in [5, 5.41) is 0. The number of benzene rings is 2. The van der Waals surface area contributed by atoms with Crippen molar-refractivity contribution in [3.63, 3.8) is 0 Å². The standard InChI is InChI=1S/C20H20O3/c1-2-22-20(21)19-16-11-15-14(18(16)19)9-6-10-17(15)23-12-13-7-4-3-5-8-13/h3-10,16,18-19H,2,11-12H2,1H3. The minimum atomic E-state index is -0.0382. The number of esters is 1. The molecule has 0 aliphatic heterocycles. The Hall–Kier alpha value is -2.29. The lowest BCUT2D eigenvalue weighted by molar-refractivity contribution is -0.145. The Bertz CT molecular complexity index is 723. The Kier molecular flexibility index (Phi) is 3.56. The minimum absolute atomic E-state index is 0.0382. The molecule has 3 nitrogen and oxygen atoms in total. The van der Waals surface area contributed by atoms with Gasteiger partial charge >= 0.3 is 5.97 Å². The highest BCUT2D eigenvalue weighted by Gasteiger charge is 2.60. The summed E-state index contributed by atoms with van der Waals surface area (Å²) in [6.07, 6.45) is 0.925. The molecule has 0 N–H and O–H groups in total. The third kappa shape index (κ3) is 2.50. The summed E-state index contributed by atoms with van der Waals surface area (Å²) < 4.78 is 11.2. The first-order chi connectivity index (χ1) is 11.3. The zero-order chi connectivity index (χ0) is 15.8. The summed E-state index contributed by atoms with van der Waals surface area (Å²) >= 11 is 0. The van der Waals surface area contributed by atoms with Crippen molar-refractivity contribution < 1.29 is 14.3 Å². The molecule has 23 heavy (non-hydrogen) atoms. The largest absolute Gasteiger partial charge is 0.489 e. The zero-order valence-electron chi connectivity index (χ0n) is 13.2. The molecule has 0 aromatic heterocycles. The van der Waals surface area contributed by atoms with E-state index in [-0.39, 0.29) is 11.9 Å². The zero-order valence-corrected chi connectivity index (χ0v) is 13.2. The average molecular weight is 308 g/mol. The Labute approximate surface area is 136 Å². The van der Waals surface area contributed by atoms with Crippen LogP contribution in [0.4, 0.5) is 0 Å². The summed E-state index contributed by atoms with van der Waals surface area (Å²) in [5.41, 5.74) is 3.72. The number of fused-ring (bicyclic) bond motifs is 3. The molecule has 0 bridgehead atoms. The van der Waals surface area contributed by atoms with Gasteiger partial charge in [-0.05, 0) is 42.0 Å². The summed E-state index contributed by atoms with van der Waals surface area (Å²) in [4.78, 5) is 12.0. The number of carbonyl (C=O) groups excluding carboxylic acids is 1. The fraction of sp³-hybridized carbons (Fsp3) is 0.350. The summed E-state index contributed by atoms with van der Waals surface area (Å²) in [7, 11) is 0. The van der Waals surface area contributed by atoms with Gasteiger partial charge in [0.1, 0.15) is 12.4 Å². The highest BCUT2D eigenvalue weighted by molar-refractivity contribution is 5.80. The van der Waals surface area contributed by atoms with E-state index in [2.05, 4.69) is 18.2 Å². The number of ether oxygens (including phenoxy) is 2. The molecule has 0 saturated heterocycles. The fourth-order valence-electron chi connectivity index (χ4n) is 3.83. The van der Waals surface area contributed by atoms with Crippen molar-refractivity contribution in [1.29, 1.82) is 0 Å². The van der Waals surface area contributed by atoms with Gasteiger partial charge in [-0.2, -0.15) is 0 Å². The maximum atomic E-state index is 12.0. The second kappa shape index (κ2) is 5.73. The second-order valence-electron chi connectivity index (χ2n) is 6.27. The van der Waals surface area contributed by atoms with Crippen molar-refractivity contribution in [1.82, 2.24) is 0 Å². The molecule has 3 unspecified atom stereocenters. The van der Waals surface area contributed by atoms with Gasteiger partial charge < -0.3 is 9.47 Å². The molecule has 0 spiro atoms. The second-order valence-corrected chi connectivity index (χ2v) is 6.27. The van der Waals surface area contributed by atoms with Gasteiger partial charge in [-0.3, -0.25) is 4.79 Å². The Morgan fingerprint density at radius 2 is 1.96 bits per heavy atom. The van der Waals surface area contributed by atoms with Crippen LogP contribution in [0.1, 0.15) is 29.5 Å². The van der Waals surface area contributed by atoms with E-state index in [9.17, 15) is 4.79 Å². The molecular formula is C20H20O3. The first kappa shape index (κ1) is 14.3. The fourth-order valence-corrected chi connectivity index (χ4v) is 3.83. The van der Waals surface area contributed by atoms with Crippen LogP contribution >= 0.6 is 0 Å². The lowest BCUT2D eigenvalue weighted by Crippen LogP contribution is -2.11. The van der Waals surface area contributed by atoms with Crippen LogP contribution < -0.4 is 4.74 Å². The van der Waals surface area contributed by atoms with E-state index in [1.54, 1.807) is 0 Å². The van der Waals surface area contributed by atoms with Crippen LogP contribution in [0, 0.1) is 11.8 Å². The van der Waals surface area contributed by atoms with E-state index in [4.69, 9.17) is 9.47 Å². The van der Waals surface area contributed by atoms with Gasteiger partial charge in [0, 0.05) is 5.92 Å². The van der Waals surface area contributed by atoms with Crippen molar-refractivity contribution in [2.24, 2.45) is 11.8 Å². The molecule has 2 aliphatic carbocycles. The lowest BCUT2D eigenvalue weighted by Gasteiger charge is -2.14. The molecule has 0 radical (unpaired) electrons. The third-order valence-corrected chi connectivity index (χ3v) is 4.93. The van der Waals surface area contributed by atoms with E-state index in [0.29, 0.717) is 25.0 Å². The highest BCUT2D eigenvalue weighted by atomic mass is 16.5. The van der Waals surface area contributed by atoms with Crippen molar-refractivity contribution in [3.8, 4) is 5.75 Å². The maximum absolute atomic E-state index is 12.0. The molecule has 3 heteroatoms. The van der Waals surface area contributed by atoms with Crippen LogP contribution in [0.3, 0.4) is 0 Å². The summed E-state index contributed by atoms with van der Waals surface area (Å²) in [6.45, 7) is 2.90. The van der Waals surface area contributed by atoms with Gasteiger partial charge in [-0.15, -0.1) is 0 Å². The molecule has 2 aliphatic rings. The van der Waals surface area contributed by atoms with E-state index >= 15 is 0 Å². The van der Waals surface area contributed by atoms with E-state index < -0.39 is 0 Å². The van der Waals surface area contributed by atoms with Crippen LogP contribution in [0.15, 0.2) is 48.5 Å². The molecular weight excluding hydrogens is 288 g/mol. The predicted octanol–water partition coefficient (Wildman–Crippen LogP) is 3.71. The first-order valence-electron chi connectivity index (χ1n) is 8.24. The Morgan fingerprint density at radius 1 is 1.13 bits per heavy atom. The first-order valence-corrected chi connectivity index (χ1v) is 8.24.